The lowest BCUT2D eigenvalue weighted by Gasteiger charge is -2.40. The van der Waals surface area contributed by atoms with Crippen molar-refractivity contribution in [3.05, 3.63) is 28.7 Å². The highest BCUT2D eigenvalue weighted by Gasteiger charge is 2.47. The fourth-order valence-corrected chi connectivity index (χ4v) is 4.35. The van der Waals surface area contributed by atoms with E-state index in [0.717, 1.165) is 25.7 Å². The van der Waals surface area contributed by atoms with Gasteiger partial charge in [-0.3, -0.25) is 9.59 Å². The van der Waals surface area contributed by atoms with E-state index in [4.69, 9.17) is 4.74 Å². The zero-order chi connectivity index (χ0) is 20.3. The minimum atomic E-state index is -4.33. The molecule has 5 atom stereocenters. The molecule has 5 unspecified atom stereocenters. The summed E-state index contributed by atoms with van der Waals surface area (Å²) in [6.45, 7) is 2.09. The van der Waals surface area contributed by atoms with Gasteiger partial charge in [-0.1, -0.05) is 19.8 Å². The highest BCUT2D eigenvalue weighted by Crippen LogP contribution is 2.42. The normalized spacial score (nSPS) is 31.4. The second kappa shape index (κ2) is 8.68. The number of halogens is 3. The Morgan fingerprint density at radius 1 is 1.18 bits per heavy atom. The molecule has 156 valence electrons. The number of H-pyrrole nitrogens is 1. The Bertz CT molecular complexity index is 734. The van der Waals surface area contributed by atoms with Crippen molar-refractivity contribution in [1.29, 1.82) is 0 Å². The maximum absolute atomic E-state index is 13.3. The van der Waals surface area contributed by atoms with Crippen LogP contribution < -0.4 is 10.9 Å². The predicted molar refractivity (Wildman–Crippen MR) is 98.9 cm³/mol. The summed E-state index contributed by atoms with van der Waals surface area (Å²) in [7, 11) is 0. The van der Waals surface area contributed by atoms with Crippen molar-refractivity contribution in [2.75, 3.05) is 5.32 Å². The van der Waals surface area contributed by atoms with Crippen molar-refractivity contribution in [1.82, 2.24) is 4.98 Å². The third-order valence-electron chi connectivity index (χ3n) is 6.01. The molecule has 2 fully saturated rings. The molecule has 5 nitrogen and oxygen atoms in total. The molecule has 1 amide bonds. The molecule has 28 heavy (non-hydrogen) atoms. The van der Waals surface area contributed by atoms with E-state index in [0.29, 0.717) is 5.92 Å². The number of aromatic nitrogens is 1. The average molecular weight is 400 g/mol. The van der Waals surface area contributed by atoms with Crippen LogP contribution in [0.15, 0.2) is 23.1 Å². The van der Waals surface area contributed by atoms with Gasteiger partial charge in [-0.05, 0) is 44.1 Å². The first-order valence-corrected chi connectivity index (χ1v) is 9.96. The lowest BCUT2D eigenvalue weighted by molar-refractivity contribution is -0.199. The summed E-state index contributed by atoms with van der Waals surface area (Å²) in [4.78, 5) is 26.7. The zero-order valence-corrected chi connectivity index (χ0v) is 15.9. The number of carbonyl (C=O) groups excluding carboxylic acids is 1. The number of anilines is 1. The molecule has 3 rings (SSSR count). The topological polar surface area (TPSA) is 71.2 Å². The minimum Gasteiger partial charge on any atom is -0.374 e. The molecular weight excluding hydrogens is 373 g/mol. The average Bonchev–Trinajstić information content (AvgIpc) is 2.63. The largest absolute Gasteiger partial charge is 0.391 e. The number of amides is 1. The van der Waals surface area contributed by atoms with Gasteiger partial charge >= 0.3 is 6.18 Å². The van der Waals surface area contributed by atoms with Gasteiger partial charge in [0.25, 0.3) is 0 Å². The number of carbonyl (C=O) groups is 1. The molecule has 0 spiro atoms. The minimum absolute atomic E-state index is 0.0175. The number of nitrogens with one attached hydrogen (secondary N) is 2. The fraction of sp³-hybridized carbons (Fsp3) is 0.700. The zero-order valence-electron chi connectivity index (χ0n) is 15.9. The van der Waals surface area contributed by atoms with Crippen LogP contribution in [0, 0.1) is 17.8 Å². The van der Waals surface area contributed by atoms with Gasteiger partial charge in [0.1, 0.15) is 0 Å². The molecule has 0 aromatic carbocycles. The van der Waals surface area contributed by atoms with Gasteiger partial charge in [0.2, 0.25) is 11.5 Å². The Kier molecular flexibility index (Phi) is 6.47. The Balaban J connectivity index is 1.75. The lowest BCUT2D eigenvalue weighted by atomic mass is 9.78. The number of rotatable bonds is 4. The lowest BCUT2D eigenvalue weighted by Crippen LogP contribution is -2.45. The van der Waals surface area contributed by atoms with Crippen LogP contribution in [0.1, 0.15) is 51.9 Å². The molecule has 0 radical (unpaired) electrons. The highest BCUT2D eigenvalue weighted by atomic mass is 19.4. The van der Waals surface area contributed by atoms with Crippen LogP contribution in [0.25, 0.3) is 0 Å². The van der Waals surface area contributed by atoms with Crippen molar-refractivity contribution in [3.8, 4) is 0 Å². The predicted octanol–water partition coefficient (Wildman–Crippen LogP) is 4.26. The smallest absolute Gasteiger partial charge is 0.374 e. The molecule has 0 saturated heterocycles. The maximum Gasteiger partial charge on any atom is 0.391 e. The van der Waals surface area contributed by atoms with Gasteiger partial charge in [0, 0.05) is 18.0 Å². The second-order valence-corrected chi connectivity index (χ2v) is 8.06. The van der Waals surface area contributed by atoms with Crippen LogP contribution in [-0.2, 0) is 9.53 Å². The van der Waals surface area contributed by atoms with Crippen molar-refractivity contribution in [3.63, 3.8) is 0 Å². The fourth-order valence-electron chi connectivity index (χ4n) is 4.35. The highest BCUT2D eigenvalue weighted by molar-refractivity contribution is 5.92. The van der Waals surface area contributed by atoms with E-state index in [1.807, 2.05) is 0 Å². The standard InChI is InChI=1S/C20H27F3N2O3/c1-12-4-2-3-5-16(12)28-17-7-6-13(20(21,22)23)10-15(17)19(27)25-14-8-9-24-18(26)11-14/h8-9,11-13,15-17H,2-7,10H2,1H3,(H2,24,25,26,27). The first-order valence-electron chi connectivity index (χ1n) is 9.96. The number of ether oxygens (including phenoxy) is 1. The van der Waals surface area contributed by atoms with Crippen LogP contribution in [-0.4, -0.2) is 29.3 Å². The van der Waals surface area contributed by atoms with Crippen molar-refractivity contribution in [2.45, 2.75) is 70.3 Å². The van der Waals surface area contributed by atoms with Gasteiger partial charge in [-0.15, -0.1) is 0 Å². The van der Waals surface area contributed by atoms with Crippen LogP contribution in [0.2, 0.25) is 0 Å². The molecule has 8 heteroatoms. The molecule has 2 aliphatic rings. The van der Waals surface area contributed by atoms with E-state index < -0.39 is 35.6 Å². The molecule has 1 aromatic rings. The first kappa shape index (κ1) is 20.9. The summed E-state index contributed by atoms with van der Waals surface area (Å²) in [5.74, 6) is -2.58. The van der Waals surface area contributed by atoms with Crippen LogP contribution in [0.5, 0.6) is 0 Å². The third-order valence-corrected chi connectivity index (χ3v) is 6.01. The molecular formula is C20H27F3N2O3. The SMILES string of the molecule is CC1CCCCC1OC1CCC(C(F)(F)F)CC1C(=O)Nc1cc[nH]c(=O)c1. The second-order valence-electron chi connectivity index (χ2n) is 8.06. The molecule has 1 aromatic heterocycles. The quantitative estimate of drug-likeness (QED) is 0.794. The Morgan fingerprint density at radius 3 is 2.61 bits per heavy atom. The first-order chi connectivity index (χ1) is 13.2. The Morgan fingerprint density at radius 2 is 1.93 bits per heavy atom. The maximum atomic E-state index is 13.3. The Hall–Kier alpha value is -1.83. The summed E-state index contributed by atoms with van der Waals surface area (Å²) < 4.78 is 46.1. The van der Waals surface area contributed by atoms with Crippen LogP contribution in [0.3, 0.4) is 0 Å². The van der Waals surface area contributed by atoms with E-state index in [1.54, 1.807) is 0 Å². The van der Waals surface area contributed by atoms with Gasteiger partial charge in [-0.2, -0.15) is 13.2 Å². The number of hydrogen-bond donors (Lipinski definition) is 2. The van der Waals surface area contributed by atoms with E-state index >= 15 is 0 Å². The van der Waals surface area contributed by atoms with Crippen molar-refractivity contribution < 1.29 is 22.7 Å². The summed E-state index contributed by atoms with van der Waals surface area (Å²) >= 11 is 0. The van der Waals surface area contributed by atoms with E-state index in [1.165, 1.54) is 18.3 Å². The molecule has 2 N–H and O–H groups in total. The number of hydrogen-bond acceptors (Lipinski definition) is 3. The van der Waals surface area contributed by atoms with Crippen molar-refractivity contribution >= 4 is 11.6 Å². The monoisotopic (exact) mass is 400 g/mol. The number of alkyl halides is 3. The van der Waals surface area contributed by atoms with E-state index in [2.05, 4.69) is 17.2 Å². The Labute approximate surface area is 162 Å². The van der Waals surface area contributed by atoms with E-state index in [9.17, 15) is 22.8 Å². The molecule has 0 bridgehead atoms. The van der Waals surface area contributed by atoms with Crippen molar-refractivity contribution in [2.24, 2.45) is 17.8 Å². The van der Waals surface area contributed by atoms with E-state index in [-0.39, 0.29) is 31.1 Å². The summed E-state index contributed by atoms with van der Waals surface area (Å²) in [6, 6.07) is 2.71. The summed E-state index contributed by atoms with van der Waals surface area (Å²) in [5.41, 5.74) is -0.119. The van der Waals surface area contributed by atoms with Gasteiger partial charge in [-0.25, -0.2) is 0 Å². The summed E-state index contributed by atoms with van der Waals surface area (Å²) in [5, 5.41) is 2.60. The van der Waals surface area contributed by atoms with Gasteiger partial charge in [0.15, 0.2) is 0 Å². The third kappa shape index (κ3) is 5.16. The number of pyridine rings is 1. The van der Waals surface area contributed by atoms with Crippen LogP contribution in [0.4, 0.5) is 18.9 Å². The number of aromatic amines is 1. The van der Waals surface area contributed by atoms with Gasteiger partial charge < -0.3 is 15.0 Å². The molecule has 2 aliphatic carbocycles. The van der Waals surface area contributed by atoms with Gasteiger partial charge in [0.05, 0.1) is 24.0 Å². The molecule has 1 heterocycles. The molecule has 0 aliphatic heterocycles. The molecule has 2 saturated carbocycles. The van der Waals surface area contributed by atoms with Crippen LogP contribution >= 0.6 is 0 Å². The summed E-state index contributed by atoms with van der Waals surface area (Å²) in [6.07, 6.45) is 0.484.